The first-order chi connectivity index (χ1) is 12.6. The quantitative estimate of drug-likeness (QED) is 0.719. The molecule has 7 nitrogen and oxygen atoms in total. The third-order valence-corrected chi connectivity index (χ3v) is 4.72. The molecule has 0 amide bonds. The maximum Gasteiger partial charge on any atom is 0.225 e. The summed E-state index contributed by atoms with van der Waals surface area (Å²) in [5.41, 5.74) is 4.40. The molecule has 0 saturated carbocycles. The van der Waals surface area contributed by atoms with Crippen LogP contribution in [0.15, 0.2) is 35.1 Å². The number of anilines is 1. The minimum Gasteiger partial charge on any atom is -0.356 e. The highest BCUT2D eigenvalue weighted by Crippen LogP contribution is 2.33. The molecule has 0 aromatic carbocycles. The van der Waals surface area contributed by atoms with Crippen LogP contribution in [0.1, 0.15) is 11.4 Å². The average molecular weight is 350 g/mol. The lowest BCUT2D eigenvalue weighted by molar-refractivity contribution is 0.311. The normalized spacial score (nSPS) is 15.4. The molecule has 1 aliphatic rings. The average Bonchev–Trinajstić information content (AvgIpc) is 3.08. The van der Waals surface area contributed by atoms with Crippen molar-refractivity contribution in [3.63, 3.8) is 0 Å². The number of likely N-dealkylation sites (N-methyl/N-ethyl adjacent to an activating group) is 1. The summed E-state index contributed by atoms with van der Waals surface area (Å²) in [6.45, 7) is 7.75. The number of nitrogens with zero attached hydrogens (tertiary/aromatic N) is 6. The van der Waals surface area contributed by atoms with Gasteiger partial charge in [0.25, 0.3) is 0 Å². The van der Waals surface area contributed by atoms with E-state index in [2.05, 4.69) is 32.0 Å². The first-order valence-electron chi connectivity index (χ1n) is 8.78. The van der Waals surface area contributed by atoms with Crippen LogP contribution in [0.4, 0.5) is 5.95 Å². The molecule has 7 heteroatoms. The summed E-state index contributed by atoms with van der Waals surface area (Å²) in [4.78, 5) is 18.5. The lowest BCUT2D eigenvalue weighted by atomic mass is 10.0. The SMILES string of the molecule is Cc1cc(-c2cnc(N3CCN(C)CC3)nc2-c2cccnc2C)on1. The van der Waals surface area contributed by atoms with E-state index in [0.29, 0.717) is 5.76 Å². The minimum absolute atomic E-state index is 0.672. The van der Waals surface area contributed by atoms with Gasteiger partial charge in [-0.25, -0.2) is 9.97 Å². The third-order valence-electron chi connectivity index (χ3n) is 4.72. The fourth-order valence-electron chi connectivity index (χ4n) is 3.14. The molecule has 4 rings (SSSR count). The van der Waals surface area contributed by atoms with Gasteiger partial charge in [0.1, 0.15) is 0 Å². The standard InChI is InChI=1S/C19H22N6O/c1-13-11-17(26-23-13)16-12-21-19(25-9-7-24(3)8-10-25)22-18(16)15-5-4-6-20-14(15)2/h4-6,11-12H,7-10H2,1-3H3. The highest BCUT2D eigenvalue weighted by atomic mass is 16.5. The second-order valence-electron chi connectivity index (χ2n) is 6.69. The van der Waals surface area contributed by atoms with Crippen LogP contribution in [0, 0.1) is 13.8 Å². The Morgan fingerprint density at radius 1 is 1.04 bits per heavy atom. The van der Waals surface area contributed by atoms with E-state index in [-0.39, 0.29) is 0 Å². The van der Waals surface area contributed by atoms with Crippen LogP contribution in [0.25, 0.3) is 22.6 Å². The van der Waals surface area contributed by atoms with Gasteiger partial charge >= 0.3 is 0 Å². The zero-order valence-electron chi connectivity index (χ0n) is 15.3. The lowest BCUT2D eigenvalue weighted by Crippen LogP contribution is -2.45. The van der Waals surface area contributed by atoms with E-state index in [0.717, 1.165) is 60.3 Å². The largest absolute Gasteiger partial charge is 0.356 e. The lowest BCUT2D eigenvalue weighted by Gasteiger charge is -2.32. The van der Waals surface area contributed by atoms with Gasteiger partial charge < -0.3 is 14.3 Å². The van der Waals surface area contributed by atoms with Crippen LogP contribution >= 0.6 is 0 Å². The fourth-order valence-corrected chi connectivity index (χ4v) is 3.14. The van der Waals surface area contributed by atoms with Crippen LogP contribution in [-0.2, 0) is 0 Å². The van der Waals surface area contributed by atoms with Crippen molar-refractivity contribution in [2.45, 2.75) is 13.8 Å². The van der Waals surface area contributed by atoms with Crippen molar-refractivity contribution in [3.05, 3.63) is 42.0 Å². The first kappa shape index (κ1) is 16.7. The van der Waals surface area contributed by atoms with Crippen molar-refractivity contribution in [3.8, 4) is 22.6 Å². The summed E-state index contributed by atoms with van der Waals surface area (Å²) in [5.74, 6) is 1.42. The van der Waals surface area contributed by atoms with E-state index >= 15 is 0 Å². The summed E-state index contributed by atoms with van der Waals surface area (Å²) >= 11 is 0. The smallest absolute Gasteiger partial charge is 0.225 e. The molecule has 0 aliphatic carbocycles. The molecule has 1 aliphatic heterocycles. The monoisotopic (exact) mass is 350 g/mol. The Balaban J connectivity index is 1.81. The van der Waals surface area contributed by atoms with Gasteiger partial charge in [-0.1, -0.05) is 5.16 Å². The minimum atomic E-state index is 0.672. The topological polar surface area (TPSA) is 71.2 Å². The molecular weight excluding hydrogens is 328 g/mol. The second-order valence-corrected chi connectivity index (χ2v) is 6.69. The van der Waals surface area contributed by atoms with Crippen molar-refractivity contribution in [2.24, 2.45) is 0 Å². The molecule has 0 bridgehead atoms. The molecule has 1 saturated heterocycles. The summed E-state index contributed by atoms with van der Waals surface area (Å²) < 4.78 is 5.48. The zero-order chi connectivity index (χ0) is 18.1. The van der Waals surface area contributed by atoms with Crippen molar-refractivity contribution in [2.75, 3.05) is 38.1 Å². The van der Waals surface area contributed by atoms with E-state index in [9.17, 15) is 0 Å². The highest BCUT2D eigenvalue weighted by Gasteiger charge is 2.21. The molecule has 134 valence electrons. The Morgan fingerprint density at radius 2 is 1.85 bits per heavy atom. The van der Waals surface area contributed by atoms with E-state index in [1.807, 2.05) is 38.2 Å². The van der Waals surface area contributed by atoms with Crippen molar-refractivity contribution >= 4 is 5.95 Å². The molecule has 3 aromatic rings. The van der Waals surface area contributed by atoms with Crippen molar-refractivity contribution in [1.82, 2.24) is 25.0 Å². The Kier molecular flexibility index (Phi) is 4.38. The maximum absolute atomic E-state index is 5.48. The molecule has 3 aromatic heterocycles. The number of hydrogen-bond donors (Lipinski definition) is 0. The second kappa shape index (κ2) is 6.84. The summed E-state index contributed by atoms with van der Waals surface area (Å²) in [6.07, 6.45) is 3.63. The molecule has 4 heterocycles. The number of piperazine rings is 1. The number of aryl methyl sites for hydroxylation is 2. The number of hydrogen-bond acceptors (Lipinski definition) is 7. The van der Waals surface area contributed by atoms with Crippen LogP contribution < -0.4 is 4.90 Å². The van der Waals surface area contributed by atoms with Crippen molar-refractivity contribution in [1.29, 1.82) is 0 Å². The highest BCUT2D eigenvalue weighted by molar-refractivity contribution is 5.79. The van der Waals surface area contributed by atoms with E-state index in [1.165, 1.54) is 0 Å². The maximum atomic E-state index is 5.48. The van der Waals surface area contributed by atoms with E-state index in [1.54, 1.807) is 6.20 Å². The van der Waals surface area contributed by atoms with Crippen molar-refractivity contribution < 1.29 is 4.52 Å². The number of pyridine rings is 1. The van der Waals surface area contributed by atoms with Gasteiger partial charge in [-0.05, 0) is 33.0 Å². The predicted octanol–water partition coefficient (Wildman–Crippen LogP) is 2.56. The van der Waals surface area contributed by atoms with Gasteiger partial charge in [0.2, 0.25) is 5.95 Å². The van der Waals surface area contributed by atoms with Crippen LogP contribution in [0.5, 0.6) is 0 Å². The Hall–Kier alpha value is -2.80. The molecule has 1 fully saturated rings. The molecule has 0 N–H and O–H groups in total. The molecular formula is C19H22N6O. The molecule has 0 radical (unpaired) electrons. The fraction of sp³-hybridized carbons (Fsp3) is 0.368. The molecule has 0 unspecified atom stereocenters. The van der Waals surface area contributed by atoms with Gasteiger partial charge in [-0.15, -0.1) is 0 Å². The first-order valence-corrected chi connectivity index (χ1v) is 8.78. The van der Waals surface area contributed by atoms with Crippen LogP contribution in [0.3, 0.4) is 0 Å². The molecule has 0 spiro atoms. The Labute approximate surface area is 152 Å². The van der Waals surface area contributed by atoms with Crippen LogP contribution in [0.2, 0.25) is 0 Å². The summed E-state index contributed by atoms with van der Waals surface area (Å²) in [6, 6.07) is 5.87. The van der Waals surface area contributed by atoms with Gasteiger partial charge in [0.05, 0.1) is 17.0 Å². The zero-order valence-corrected chi connectivity index (χ0v) is 15.3. The number of aromatic nitrogens is 4. The van der Waals surface area contributed by atoms with E-state index in [4.69, 9.17) is 9.51 Å². The summed E-state index contributed by atoms with van der Waals surface area (Å²) in [5, 5.41) is 4.01. The predicted molar refractivity (Wildman–Crippen MR) is 99.9 cm³/mol. The molecule has 26 heavy (non-hydrogen) atoms. The van der Waals surface area contributed by atoms with Gasteiger partial charge in [0.15, 0.2) is 5.76 Å². The molecule has 0 atom stereocenters. The van der Waals surface area contributed by atoms with Gasteiger partial charge in [0, 0.05) is 55.9 Å². The Bertz CT molecular complexity index is 914. The Morgan fingerprint density at radius 3 is 2.54 bits per heavy atom. The van der Waals surface area contributed by atoms with Gasteiger partial charge in [-0.2, -0.15) is 0 Å². The van der Waals surface area contributed by atoms with E-state index < -0.39 is 0 Å². The summed E-state index contributed by atoms with van der Waals surface area (Å²) in [7, 11) is 2.14. The number of rotatable bonds is 3. The van der Waals surface area contributed by atoms with Gasteiger partial charge in [-0.3, -0.25) is 4.98 Å². The third kappa shape index (κ3) is 3.17. The van der Waals surface area contributed by atoms with Crippen LogP contribution in [-0.4, -0.2) is 58.2 Å².